The molecule has 1 unspecified atom stereocenters. The molecule has 1 atom stereocenters. The van der Waals surface area contributed by atoms with Crippen molar-refractivity contribution in [1.82, 2.24) is 0 Å². The summed E-state index contributed by atoms with van der Waals surface area (Å²) < 4.78 is 34.8. The molecule has 0 radical (unpaired) electrons. The Morgan fingerprint density at radius 1 is 1.64 bits per heavy atom. The molecular formula is C8H14O5S. The van der Waals surface area contributed by atoms with Gasteiger partial charge in [-0.15, -0.1) is 6.58 Å². The molecule has 82 valence electrons. The highest BCUT2D eigenvalue weighted by molar-refractivity contribution is 7.87. The third-order valence-corrected chi connectivity index (χ3v) is 2.56. The molecule has 1 N–H and O–H groups in total. The summed E-state index contributed by atoms with van der Waals surface area (Å²) >= 11 is 0. The van der Waals surface area contributed by atoms with Gasteiger partial charge in [0.25, 0.3) is 10.1 Å². The van der Waals surface area contributed by atoms with Crippen molar-refractivity contribution in [3.63, 3.8) is 0 Å². The molecule has 0 saturated carbocycles. The topological polar surface area (TPSA) is 80.7 Å². The van der Waals surface area contributed by atoms with Crippen molar-refractivity contribution in [1.29, 1.82) is 0 Å². The second kappa shape index (κ2) is 5.77. The van der Waals surface area contributed by atoms with Gasteiger partial charge in [-0.3, -0.25) is 9.35 Å². The first-order chi connectivity index (χ1) is 6.43. The lowest BCUT2D eigenvalue weighted by atomic mass is 10.3. The summed E-state index contributed by atoms with van der Waals surface area (Å²) in [5.41, 5.74) is 0. The Balaban J connectivity index is 4.50. The van der Waals surface area contributed by atoms with Crippen LogP contribution in [0.25, 0.3) is 0 Å². The van der Waals surface area contributed by atoms with E-state index < -0.39 is 21.3 Å². The summed E-state index contributed by atoms with van der Waals surface area (Å²) in [4.78, 5) is 11.1. The monoisotopic (exact) mass is 222 g/mol. The Kier molecular flexibility index (Phi) is 5.40. The summed E-state index contributed by atoms with van der Waals surface area (Å²) in [6.07, 6.45) is 1.69. The minimum Gasteiger partial charge on any atom is -0.465 e. The number of ether oxygens (including phenoxy) is 1. The van der Waals surface area contributed by atoms with E-state index in [0.717, 1.165) is 0 Å². The van der Waals surface area contributed by atoms with Crippen molar-refractivity contribution in [3.8, 4) is 0 Å². The lowest BCUT2D eigenvalue weighted by molar-refractivity contribution is -0.143. The molecule has 0 bridgehead atoms. The quantitative estimate of drug-likeness (QED) is 0.408. The standard InChI is InChI=1S/C8H14O5S/c1-3-5-7(14(10,11)12)8(9)13-6-4-2/h3,7H,1,4-6H2,2H3,(H,10,11,12). The van der Waals surface area contributed by atoms with E-state index in [2.05, 4.69) is 11.3 Å². The second-order valence-corrected chi connectivity index (χ2v) is 4.29. The minimum absolute atomic E-state index is 0.141. The summed E-state index contributed by atoms with van der Waals surface area (Å²) in [5.74, 6) is -0.936. The molecular weight excluding hydrogens is 208 g/mol. The van der Waals surface area contributed by atoms with Crippen LogP contribution in [0, 0.1) is 0 Å². The molecule has 0 saturated heterocycles. The molecule has 0 amide bonds. The molecule has 0 aromatic rings. The maximum Gasteiger partial charge on any atom is 0.327 e. The molecule has 0 aliphatic carbocycles. The summed E-state index contributed by atoms with van der Waals surface area (Å²) in [7, 11) is -4.40. The van der Waals surface area contributed by atoms with Crippen LogP contribution in [0.2, 0.25) is 0 Å². The molecule has 0 rings (SSSR count). The zero-order valence-electron chi connectivity index (χ0n) is 7.97. The maximum atomic E-state index is 11.1. The summed E-state index contributed by atoms with van der Waals surface area (Å²) in [5, 5.41) is -1.55. The molecule has 5 nitrogen and oxygen atoms in total. The molecule has 6 heteroatoms. The molecule has 14 heavy (non-hydrogen) atoms. The van der Waals surface area contributed by atoms with Crippen LogP contribution < -0.4 is 0 Å². The Morgan fingerprint density at radius 3 is 2.57 bits per heavy atom. The largest absolute Gasteiger partial charge is 0.465 e. The Labute approximate surface area is 83.5 Å². The van der Waals surface area contributed by atoms with E-state index in [1.807, 2.05) is 0 Å². The summed E-state index contributed by atoms with van der Waals surface area (Å²) in [6.45, 7) is 5.22. The molecule has 0 aliphatic rings. The van der Waals surface area contributed by atoms with Crippen molar-refractivity contribution in [2.24, 2.45) is 0 Å². The van der Waals surface area contributed by atoms with Gasteiger partial charge >= 0.3 is 5.97 Å². The Hall–Kier alpha value is -0.880. The van der Waals surface area contributed by atoms with Gasteiger partial charge in [-0.25, -0.2) is 0 Å². The van der Waals surface area contributed by atoms with Crippen molar-refractivity contribution in [2.75, 3.05) is 6.61 Å². The number of carbonyl (C=O) groups excluding carboxylic acids is 1. The molecule has 0 fully saturated rings. The number of esters is 1. The first-order valence-corrected chi connectivity index (χ1v) is 5.67. The summed E-state index contributed by atoms with van der Waals surface area (Å²) in [6, 6.07) is 0. The maximum absolute atomic E-state index is 11.1. The highest BCUT2D eigenvalue weighted by Gasteiger charge is 2.30. The lowest BCUT2D eigenvalue weighted by Gasteiger charge is -2.10. The van der Waals surface area contributed by atoms with Gasteiger partial charge in [0.15, 0.2) is 5.25 Å². The lowest BCUT2D eigenvalue weighted by Crippen LogP contribution is -2.31. The first kappa shape index (κ1) is 13.1. The first-order valence-electron chi connectivity index (χ1n) is 4.17. The SMILES string of the molecule is C=CCC(C(=O)OCCC)S(=O)(=O)O. The molecule has 0 aromatic carbocycles. The van der Waals surface area contributed by atoms with Gasteiger partial charge < -0.3 is 4.74 Å². The van der Waals surface area contributed by atoms with E-state index in [0.29, 0.717) is 6.42 Å². The Bertz CT molecular complexity index is 293. The van der Waals surface area contributed by atoms with Gasteiger partial charge in [0, 0.05) is 0 Å². The van der Waals surface area contributed by atoms with Crippen LogP contribution in [0.1, 0.15) is 19.8 Å². The smallest absolute Gasteiger partial charge is 0.327 e. The van der Waals surface area contributed by atoms with E-state index in [9.17, 15) is 13.2 Å². The average Bonchev–Trinajstić information content (AvgIpc) is 2.08. The van der Waals surface area contributed by atoms with Crippen LogP contribution in [0.3, 0.4) is 0 Å². The van der Waals surface area contributed by atoms with Gasteiger partial charge in [0.1, 0.15) is 0 Å². The van der Waals surface area contributed by atoms with Crippen LogP contribution in [0.15, 0.2) is 12.7 Å². The fourth-order valence-corrected chi connectivity index (χ4v) is 1.48. The predicted molar refractivity (Wildman–Crippen MR) is 51.4 cm³/mol. The van der Waals surface area contributed by atoms with Gasteiger partial charge in [-0.1, -0.05) is 13.0 Å². The fraction of sp³-hybridized carbons (Fsp3) is 0.625. The van der Waals surface area contributed by atoms with Crippen molar-refractivity contribution in [3.05, 3.63) is 12.7 Å². The number of allylic oxidation sites excluding steroid dienone is 1. The fourth-order valence-electron chi connectivity index (χ4n) is 0.786. The number of hydrogen-bond acceptors (Lipinski definition) is 4. The predicted octanol–water partition coefficient (Wildman–Crippen LogP) is 0.772. The van der Waals surface area contributed by atoms with E-state index in [-0.39, 0.29) is 13.0 Å². The molecule has 0 aromatic heterocycles. The molecule has 0 aliphatic heterocycles. The highest BCUT2D eigenvalue weighted by Crippen LogP contribution is 2.07. The zero-order chi connectivity index (χ0) is 11.2. The normalized spacial score (nSPS) is 13.3. The molecule has 0 heterocycles. The van der Waals surface area contributed by atoms with Gasteiger partial charge in [0.05, 0.1) is 6.61 Å². The van der Waals surface area contributed by atoms with Crippen LogP contribution in [0.5, 0.6) is 0 Å². The van der Waals surface area contributed by atoms with Gasteiger partial charge in [-0.2, -0.15) is 8.42 Å². The van der Waals surface area contributed by atoms with Crippen molar-refractivity contribution < 1.29 is 22.5 Å². The van der Waals surface area contributed by atoms with E-state index >= 15 is 0 Å². The third-order valence-electron chi connectivity index (χ3n) is 1.45. The number of carbonyl (C=O) groups is 1. The van der Waals surface area contributed by atoms with Crippen molar-refractivity contribution in [2.45, 2.75) is 25.0 Å². The second-order valence-electron chi connectivity index (χ2n) is 2.70. The number of rotatable bonds is 6. The van der Waals surface area contributed by atoms with Crippen molar-refractivity contribution >= 4 is 16.1 Å². The van der Waals surface area contributed by atoms with Crippen LogP contribution in [-0.2, 0) is 19.6 Å². The highest BCUT2D eigenvalue weighted by atomic mass is 32.2. The van der Waals surface area contributed by atoms with Crippen LogP contribution in [0.4, 0.5) is 0 Å². The molecule has 0 spiro atoms. The van der Waals surface area contributed by atoms with E-state index in [1.54, 1.807) is 6.92 Å². The number of hydrogen-bond donors (Lipinski definition) is 1. The third kappa shape index (κ3) is 4.38. The van der Waals surface area contributed by atoms with Crippen LogP contribution in [-0.4, -0.2) is 30.8 Å². The Morgan fingerprint density at radius 2 is 2.21 bits per heavy atom. The van der Waals surface area contributed by atoms with Crippen LogP contribution >= 0.6 is 0 Å². The van der Waals surface area contributed by atoms with Gasteiger partial charge in [0.2, 0.25) is 0 Å². The average molecular weight is 222 g/mol. The minimum atomic E-state index is -4.40. The zero-order valence-corrected chi connectivity index (χ0v) is 8.79. The van der Waals surface area contributed by atoms with E-state index in [4.69, 9.17) is 4.55 Å². The van der Waals surface area contributed by atoms with Gasteiger partial charge in [-0.05, 0) is 12.8 Å². The van der Waals surface area contributed by atoms with E-state index in [1.165, 1.54) is 6.08 Å².